The number of aryl methyl sites for hydroxylation is 2. The average Bonchev–Trinajstić information content (AvgIpc) is 2.53. The molecule has 0 atom stereocenters. The molecule has 3 rings (SSSR count). The van der Waals surface area contributed by atoms with Crippen molar-refractivity contribution in [3.05, 3.63) is 58.9 Å². The van der Waals surface area contributed by atoms with Crippen LogP contribution < -0.4 is 10.6 Å². The highest BCUT2D eigenvalue weighted by atomic mass is 16.2. The van der Waals surface area contributed by atoms with Gasteiger partial charge in [-0.1, -0.05) is 23.8 Å². The SMILES string of the molecule is Cc1ccc2c(c1)CCCN2C(=O)c1ccc(CN)cn1. The molecule has 4 heteroatoms. The molecule has 0 bridgehead atoms. The van der Waals surface area contributed by atoms with Crippen molar-refractivity contribution in [2.45, 2.75) is 26.3 Å². The fraction of sp³-hybridized carbons (Fsp3) is 0.294. The molecule has 2 aromatic rings. The Morgan fingerprint density at radius 1 is 1.33 bits per heavy atom. The maximum absolute atomic E-state index is 12.7. The number of hydrogen-bond acceptors (Lipinski definition) is 3. The lowest BCUT2D eigenvalue weighted by Gasteiger charge is -2.29. The molecule has 0 unspecified atom stereocenters. The van der Waals surface area contributed by atoms with Gasteiger partial charge in [0.25, 0.3) is 5.91 Å². The second-order valence-corrected chi connectivity index (χ2v) is 5.45. The van der Waals surface area contributed by atoms with Gasteiger partial charge in [-0.15, -0.1) is 0 Å². The topological polar surface area (TPSA) is 59.2 Å². The number of hydrogen-bond donors (Lipinski definition) is 1. The second kappa shape index (κ2) is 5.66. The van der Waals surface area contributed by atoms with Gasteiger partial charge in [-0.3, -0.25) is 9.78 Å². The summed E-state index contributed by atoms with van der Waals surface area (Å²) in [4.78, 5) is 18.8. The van der Waals surface area contributed by atoms with E-state index >= 15 is 0 Å². The number of fused-ring (bicyclic) bond motifs is 1. The van der Waals surface area contributed by atoms with E-state index in [0.29, 0.717) is 12.2 Å². The zero-order valence-corrected chi connectivity index (χ0v) is 12.2. The first-order valence-corrected chi connectivity index (χ1v) is 7.25. The molecule has 0 fully saturated rings. The lowest BCUT2D eigenvalue weighted by molar-refractivity contribution is 0.0980. The van der Waals surface area contributed by atoms with Crippen molar-refractivity contribution in [1.82, 2.24) is 4.98 Å². The maximum atomic E-state index is 12.7. The van der Waals surface area contributed by atoms with Gasteiger partial charge in [0.1, 0.15) is 5.69 Å². The number of nitrogens with two attached hydrogens (primary N) is 1. The fourth-order valence-electron chi connectivity index (χ4n) is 2.75. The summed E-state index contributed by atoms with van der Waals surface area (Å²) in [7, 11) is 0. The van der Waals surface area contributed by atoms with E-state index in [9.17, 15) is 4.79 Å². The zero-order valence-electron chi connectivity index (χ0n) is 12.2. The largest absolute Gasteiger partial charge is 0.326 e. The van der Waals surface area contributed by atoms with Crippen LogP contribution >= 0.6 is 0 Å². The van der Waals surface area contributed by atoms with Crippen LogP contribution in [0.25, 0.3) is 0 Å². The standard InChI is InChI=1S/C17H19N3O/c1-12-4-7-16-14(9-12)3-2-8-20(16)17(21)15-6-5-13(10-18)11-19-15/h4-7,9,11H,2-3,8,10,18H2,1H3. The third-order valence-corrected chi connectivity index (χ3v) is 3.88. The van der Waals surface area contributed by atoms with Gasteiger partial charge >= 0.3 is 0 Å². The number of carbonyl (C=O) groups is 1. The van der Waals surface area contributed by atoms with Crippen LogP contribution in [0.3, 0.4) is 0 Å². The third kappa shape index (κ3) is 2.67. The minimum absolute atomic E-state index is 0.0385. The molecule has 0 aliphatic carbocycles. The van der Waals surface area contributed by atoms with E-state index in [1.54, 1.807) is 12.3 Å². The third-order valence-electron chi connectivity index (χ3n) is 3.88. The van der Waals surface area contributed by atoms with Crippen LogP contribution in [0.15, 0.2) is 36.5 Å². The first-order chi connectivity index (χ1) is 10.2. The van der Waals surface area contributed by atoms with Crippen molar-refractivity contribution in [2.75, 3.05) is 11.4 Å². The number of anilines is 1. The summed E-state index contributed by atoms with van der Waals surface area (Å²) in [5.74, 6) is -0.0385. The average molecular weight is 281 g/mol. The number of carbonyl (C=O) groups excluding carboxylic acids is 1. The summed E-state index contributed by atoms with van der Waals surface area (Å²) in [6, 6.07) is 9.87. The van der Waals surface area contributed by atoms with E-state index in [1.807, 2.05) is 17.0 Å². The van der Waals surface area contributed by atoms with E-state index in [-0.39, 0.29) is 5.91 Å². The molecule has 4 nitrogen and oxygen atoms in total. The van der Waals surface area contributed by atoms with Gasteiger partial charge in [-0.2, -0.15) is 0 Å². The lowest BCUT2D eigenvalue weighted by atomic mass is 9.99. The van der Waals surface area contributed by atoms with Crippen molar-refractivity contribution >= 4 is 11.6 Å². The summed E-state index contributed by atoms with van der Waals surface area (Å²) >= 11 is 0. The van der Waals surface area contributed by atoms with Crippen molar-refractivity contribution in [1.29, 1.82) is 0 Å². The Hall–Kier alpha value is -2.20. The maximum Gasteiger partial charge on any atom is 0.276 e. The normalized spacial score (nSPS) is 13.9. The highest BCUT2D eigenvalue weighted by Crippen LogP contribution is 2.29. The highest BCUT2D eigenvalue weighted by molar-refractivity contribution is 6.05. The number of rotatable bonds is 2. The highest BCUT2D eigenvalue weighted by Gasteiger charge is 2.24. The summed E-state index contributed by atoms with van der Waals surface area (Å²) in [5.41, 5.74) is 10.5. The Kier molecular flexibility index (Phi) is 3.71. The summed E-state index contributed by atoms with van der Waals surface area (Å²) in [5, 5.41) is 0. The second-order valence-electron chi connectivity index (χ2n) is 5.45. The van der Waals surface area contributed by atoms with Crippen molar-refractivity contribution in [3.63, 3.8) is 0 Å². The summed E-state index contributed by atoms with van der Waals surface area (Å²) < 4.78 is 0. The Bertz CT molecular complexity index is 664. The van der Waals surface area contributed by atoms with Crippen LogP contribution in [-0.4, -0.2) is 17.4 Å². The molecule has 1 aliphatic rings. The van der Waals surface area contributed by atoms with Gasteiger partial charge in [0.15, 0.2) is 0 Å². The Labute approximate surface area is 124 Å². The molecule has 1 aromatic heterocycles. The van der Waals surface area contributed by atoms with Gasteiger partial charge < -0.3 is 10.6 Å². The smallest absolute Gasteiger partial charge is 0.276 e. The first-order valence-electron chi connectivity index (χ1n) is 7.25. The molecule has 0 spiro atoms. The first kappa shape index (κ1) is 13.8. The number of aromatic nitrogens is 1. The fourth-order valence-corrected chi connectivity index (χ4v) is 2.75. The Balaban J connectivity index is 1.92. The number of benzene rings is 1. The Morgan fingerprint density at radius 3 is 2.90 bits per heavy atom. The Morgan fingerprint density at radius 2 is 2.19 bits per heavy atom. The molecule has 1 amide bonds. The molecule has 1 aromatic carbocycles. The van der Waals surface area contributed by atoms with Crippen molar-refractivity contribution in [2.24, 2.45) is 5.73 Å². The van der Waals surface area contributed by atoms with Crippen LogP contribution in [0.4, 0.5) is 5.69 Å². The molecule has 0 radical (unpaired) electrons. The molecule has 0 saturated carbocycles. The van der Waals surface area contributed by atoms with E-state index in [2.05, 4.69) is 24.0 Å². The van der Waals surface area contributed by atoms with Gasteiger partial charge in [0.2, 0.25) is 0 Å². The van der Waals surface area contributed by atoms with Crippen molar-refractivity contribution in [3.8, 4) is 0 Å². The van der Waals surface area contributed by atoms with Crippen LogP contribution in [0, 0.1) is 6.92 Å². The van der Waals surface area contributed by atoms with E-state index in [1.165, 1.54) is 11.1 Å². The number of nitrogens with zero attached hydrogens (tertiary/aromatic N) is 2. The predicted octanol–water partition coefficient (Wildman–Crippen LogP) is 2.44. The van der Waals surface area contributed by atoms with Crippen LogP contribution in [0.5, 0.6) is 0 Å². The minimum atomic E-state index is -0.0385. The molecule has 0 saturated heterocycles. The molecule has 2 heterocycles. The molecule has 2 N–H and O–H groups in total. The van der Waals surface area contributed by atoms with E-state index in [0.717, 1.165) is 30.6 Å². The quantitative estimate of drug-likeness (QED) is 0.919. The monoisotopic (exact) mass is 281 g/mol. The van der Waals surface area contributed by atoms with Gasteiger partial charge in [-0.25, -0.2) is 0 Å². The zero-order chi connectivity index (χ0) is 14.8. The van der Waals surface area contributed by atoms with Crippen LogP contribution in [0.2, 0.25) is 0 Å². The molecular formula is C17H19N3O. The molecule has 21 heavy (non-hydrogen) atoms. The van der Waals surface area contributed by atoms with Gasteiger partial charge in [-0.05, 0) is 43.0 Å². The van der Waals surface area contributed by atoms with Gasteiger partial charge in [0.05, 0.1) is 0 Å². The molecule has 108 valence electrons. The lowest BCUT2D eigenvalue weighted by Crippen LogP contribution is -2.36. The van der Waals surface area contributed by atoms with Gasteiger partial charge in [0, 0.05) is 25.0 Å². The molecule has 1 aliphatic heterocycles. The van der Waals surface area contributed by atoms with Crippen LogP contribution in [-0.2, 0) is 13.0 Å². The summed E-state index contributed by atoms with van der Waals surface area (Å²) in [6.45, 7) is 3.26. The van der Waals surface area contributed by atoms with E-state index in [4.69, 9.17) is 5.73 Å². The summed E-state index contributed by atoms with van der Waals surface area (Å²) in [6.07, 6.45) is 3.69. The van der Waals surface area contributed by atoms with Crippen molar-refractivity contribution < 1.29 is 4.79 Å². The molecular weight excluding hydrogens is 262 g/mol. The van der Waals surface area contributed by atoms with E-state index < -0.39 is 0 Å². The number of pyridine rings is 1. The van der Waals surface area contributed by atoms with Crippen LogP contribution in [0.1, 0.15) is 33.6 Å². The predicted molar refractivity (Wildman–Crippen MR) is 83.3 cm³/mol. The minimum Gasteiger partial charge on any atom is -0.326 e. The number of amides is 1.